The maximum atomic E-state index is 11.6. The molecule has 0 spiro atoms. The topological polar surface area (TPSA) is 69.4 Å². The first-order chi connectivity index (χ1) is 8.01. The molecule has 0 aromatic heterocycles. The number of nitro benzene ring substituents is 1. The van der Waals surface area contributed by atoms with Gasteiger partial charge in [-0.25, -0.2) is 4.79 Å². The maximum Gasteiger partial charge on any atom is 0.338 e. The third-order valence-electron chi connectivity index (χ3n) is 2.26. The van der Waals surface area contributed by atoms with Crippen LogP contribution in [0.1, 0.15) is 28.4 Å². The van der Waals surface area contributed by atoms with Crippen molar-refractivity contribution in [3.63, 3.8) is 0 Å². The number of carbonyl (C=O) groups excluding carboxylic acids is 1. The quantitative estimate of drug-likeness (QED) is 0.371. The van der Waals surface area contributed by atoms with Crippen LogP contribution in [-0.4, -0.2) is 17.5 Å². The normalized spacial score (nSPS) is 10.1. The van der Waals surface area contributed by atoms with Gasteiger partial charge in [0.15, 0.2) is 0 Å². The largest absolute Gasteiger partial charge is 0.462 e. The van der Waals surface area contributed by atoms with Gasteiger partial charge >= 0.3 is 5.97 Å². The Kier molecular flexibility index (Phi) is 4.62. The lowest BCUT2D eigenvalue weighted by Crippen LogP contribution is -2.08. The fourth-order valence-corrected chi connectivity index (χ4v) is 1.89. The second-order valence-corrected chi connectivity index (χ2v) is 3.97. The second kappa shape index (κ2) is 5.77. The van der Waals surface area contributed by atoms with Crippen LogP contribution in [0.2, 0.25) is 0 Å². The Bertz CT molecular complexity index is 459. The Morgan fingerprint density at radius 2 is 2.18 bits per heavy atom. The van der Waals surface area contributed by atoms with Gasteiger partial charge < -0.3 is 4.74 Å². The number of rotatable bonds is 4. The highest BCUT2D eigenvalue weighted by Gasteiger charge is 2.19. The molecule has 0 fully saturated rings. The SMILES string of the molecule is CCOC(=O)c1cc(CBr)c([N+](=O)[O-])cc1C. The molecule has 1 aromatic rings. The molecule has 0 aliphatic carbocycles. The van der Waals surface area contributed by atoms with Crippen LogP contribution in [-0.2, 0) is 10.1 Å². The van der Waals surface area contributed by atoms with Crippen LogP contribution in [0.3, 0.4) is 0 Å². The van der Waals surface area contributed by atoms with Gasteiger partial charge in [-0.15, -0.1) is 0 Å². The Morgan fingerprint density at radius 3 is 2.65 bits per heavy atom. The van der Waals surface area contributed by atoms with Gasteiger partial charge in [0.1, 0.15) is 0 Å². The van der Waals surface area contributed by atoms with Crippen molar-refractivity contribution >= 4 is 27.6 Å². The molecule has 0 N–H and O–H groups in total. The average Bonchev–Trinajstić information content (AvgIpc) is 2.28. The lowest BCUT2D eigenvalue weighted by molar-refractivity contribution is -0.385. The molecule has 0 atom stereocenters. The number of benzene rings is 1. The van der Waals surface area contributed by atoms with E-state index in [1.165, 1.54) is 12.1 Å². The van der Waals surface area contributed by atoms with Gasteiger partial charge in [0.25, 0.3) is 5.69 Å². The minimum absolute atomic E-state index is 0.00687. The smallest absolute Gasteiger partial charge is 0.338 e. The van der Waals surface area contributed by atoms with Crippen molar-refractivity contribution in [1.82, 2.24) is 0 Å². The number of nitro groups is 1. The van der Waals surface area contributed by atoms with Crippen LogP contribution in [0.5, 0.6) is 0 Å². The fourth-order valence-electron chi connectivity index (χ4n) is 1.44. The number of nitrogens with zero attached hydrogens (tertiary/aromatic N) is 1. The van der Waals surface area contributed by atoms with E-state index in [1.54, 1.807) is 13.8 Å². The highest BCUT2D eigenvalue weighted by atomic mass is 79.9. The lowest BCUT2D eigenvalue weighted by Gasteiger charge is -2.07. The summed E-state index contributed by atoms with van der Waals surface area (Å²) in [6.07, 6.45) is 0. The summed E-state index contributed by atoms with van der Waals surface area (Å²) in [5.74, 6) is -0.456. The molecule has 0 heterocycles. The number of esters is 1. The van der Waals surface area contributed by atoms with E-state index < -0.39 is 10.9 Å². The van der Waals surface area contributed by atoms with Gasteiger partial charge in [0, 0.05) is 17.0 Å². The fraction of sp³-hybridized carbons (Fsp3) is 0.364. The standard InChI is InChI=1S/C11H12BrNO4/c1-3-17-11(14)9-5-8(6-12)10(13(15)16)4-7(9)2/h4-5H,3,6H2,1-2H3. The third kappa shape index (κ3) is 3.03. The average molecular weight is 302 g/mol. The van der Waals surface area contributed by atoms with Gasteiger partial charge in [0.2, 0.25) is 0 Å². The summed E-state index contributed by atoms with van der Waals surface area (Å²) in [7, 11) is 0. The summed E-state index contributed by atoms with van der Waals surface area (Å²) in [4.78, 5) is 22.0. The van der Waals surface area contributed by atoms with E-state index in [0.717, 1.165) is 0 Å². The van der Waals surface area contributed by atoms with Gasteiger partial charge in [-0.05, 0) is 25.5 Å². The number of hydrogen-bond acceptors (Lipinski definition) is 4. The van der Waals surface area contributed by atoms with Crippen molar-refractivity contribution in [2.24, 2.45) is 0 Å². The molecular weight excluding hydrogens is 290 g/mol. The molecule has 1 aromatic carbocycles. The molecular formula is C11H12BrNO4. The van der Waals surface area contributed by atoms with Crippen LogP contribution >= 0.6 is 15.9 Å². The molecule has 0 amide bonds. The van der Waals surface area contributed by atoms with Crippen molar-refractivity contribution in [2.75, 3.05) is 6.61 Å². The van der Waals surface area contributed by atoms with Gasteiger partial charge in [0.05, 0.1) is 17.1 Å². The van der Waals surface area contributed by atoms with Crippen molar-refractivity contribution in [1.29, 1.82) is 0 Å². The highest BCUT2D eigenvalue weighted by Crippen LogP contribution is 2.25. The zero-order valence-corrected chi connectivity index (χ0v) is 11.1. The van der Waals surface area contributed by atoms with Crippen molar-refractivity contribution in [3.8, 4) is 0 Å². The maximum absolute atomic E-state index is 11.6. The number of hydrogen-bond donors (Lipinski definition) is 0. The summed E-state index contributed by atoms with van der Waals surface area (Å²) >= 11 is 3.17. The molecule has 0 radical (unpaired) electrons. The Balaban J connectivity index is 3.27. The molecule has 17 heavy (non-hydrogen) atoms. The van der Waals surface area contributed by atoms with E-state index >= 15 is 0 Å². The van der Waals surface area contributed by atoms with E-state index in [1.807, 2.05) is 0 Å². The first-order valence-corrected chi connectivity index (χ1v) is 6.14. The highest BCUT2D eigenvalue weighted by molar-refractivity contribution is 9.08. The summed E-state index contributed by atoms with van der Waals surface area (Å²) in [6.45, 7) is 3.64. The first kappa shape index (κ1) is 13.6. The molecule has 5 nitrogen and oxygen atoms in total. The molecule has 92 valence electrons. The summed E-state index contributed by atoms with van der Waals surface area (Å²) in [5.41, 5.74) is 1.38. The van der Waals surface area contributed by atoms with Gasteiger partial charge in [-0.3, -0.25) is 10.1 Å². The van der Waals surface area contributed by atoms with E-state index in [4.69, 9.17) is 4.74 Å². The lowest BCUT2D eigenvalue weighted by atomic mass is 10.0. The number of halogens is 1. The molecule has 1 rings (SSSR count). The third-order valence-corrected chi connectivity index (χ3v) is 2.87. The second-order valence-electron chi connectivity index (χ2n) is 3.41. The molecule has 0 saturated heterocycles. The molecule has 6 heteroatoms. The van der Waals surface area contributed by atoms with Crippen molar-refractivity contribution < 1.29 is 14.5 Å². The first-order valence-electron chi connectivity index (χ1n) is 5.02. The minimum Gasteiger partial charge on any atom is -0.462 e. The molecule has 0 aliphatic heterocycles. The van der Waals surface area contributed by atoms with Crippen LogP contribution < -0.4 is 0 Å². The van der Waals surface area contributed by atoms with Gasteiger partial charge in [-0.2, -0.15) is 0 Å². The Labute approximate surface area is 107 Å². The van der Waals surface area contributed by atoms with Crippen LogP contribution in [0, 0.1) is 17.0 Å². The zero-order valence-electron chi connectivity index (χ0n) is 9.53. The number of ether oxygens (including phenoxy) is 1. The monoisotopic (exact) mass is 301 g/mol. The predicted molar refractivity (Wildman–Crippen MR) is 66.4 cm³/mol. The van der Waals surface area contributed by atoms with E-state index in [9.17, 15) is 14.9 Å². The molecule has 0 saturated carbocycles. The molecule has 0 unspecified atom stereocenters. The summed E-state index contributed by atoms with van der Waals surface area (Å²) in [5, 5.41) is 11.1. The number of carbonyl (C=O) groups is 1. The van der Waals surface area contributed by atoms with E-state index in [2.05, 4.69) is 15.9 Å². The van der Waals surface area contributed by atoms with Crippen LogP contribution in [0.4, 0.5) is 5.69 Å². The van der Waals surface area contributed by atoms with Crippen LogP contribution in [0.15, 0.2) is 12.1 Å². The molecule has 0 aliphatic rings. The summed E-state index contributed by atoms with van der Waals surface area (Å²) in [6, 6.07) is 2.89. The van der Waals surface area contributed by atoms with Crippen molar-refractivity contribution in [3.05, 3.63) is 38.9 Å². The Hall–Kier alpha value is -1.43. The Morgan fingerprint density at radius 1 is 1.53 bits per heavy atom. The predicted octanol–water partition coefficient (Wildman–Crippen LogP) is 2.97. The minimum atomic E-state index is -0.460. The van der Waals surface area contributed by atoms with Crippen LogP contribution in [0.25, 0.3) is 0 Å². The summed E-state index contributed by atoms with van der Waals surface area (Å²) < 4.78 is 4.88. The zero-order chi connectivity index (χ0) is 13.0. The number of alkyl halides is 1. The van der Waals surface area contributed by atoms with Crippen molar-refractivity contribution in [2.45, 2.75) is 19.2 Å². The van der Waals surface area contributed by atoms with E-state index in [0.29, 0.717) is 22.0 Å². The van der Waals surface area contributed by atoms with Gasteiger partial charge in [-0.1, -0.05) is 15.9 Å². The molecule has 0 bridgehead atoms. The van der Waals surface area contributed by atoms with E-state index in [-0.39, 0.29) is 12.3 Å². The number of aryl methyl sites for hydroxylation is 1.